The molecule has 1 aliphatic rings. The highest BCUT2D eigenvalue weighted by molar-refractivity contribution is 7.99. The maximum Gasteiger partial charge on any atom is 0.304 e. The Labute approximate surface area is 115 Å². The summed E-state index contributed by atoms with van der Waals surface area (Å²) in [4.78, 5) is 9.83. The third kappa shape index (κ3) is 3.45. The normalized spacial score (nSPS) is 22.6. The first-order valence-electron chi connectivity index (χ1n) is 6.31. The molecule has 2 unspecified atom stereocenters. The van der Waals surface area contributed by atoms with E-state index in [4.69, 9.17) is 0 Å². The molecular formula is C13H17FN2O2S. The van der Waals surface area contributed by atoms with Crippen molar-refractivity contribution in [2.24, 2.45) is 0 Å². The lowest BCUT2D eigenvalue weighted by Crippen LogP contribution is -2.33. The van der Waals surface area contributed by atoms with Crippen LogP contribution in [-0.2, 0) is 6.54 Å². The van der Waals surface area contributed by atoms with E-state index in [9.17, 15) is 14.5 Å². The molecule has 0 spiro atoms. The number of nitro groups is 1. The van der Waals surface area contributed by atoms with E-state index in [1.54, 1.807) is 6.07 Å². The van der Waals surface area contributed by atoms with Gasteiger partial charge in [-0.2, -0.15) is 16.2 Å². The van der Waals surface area contributed by atoms with Gasteiger partial charge in [0.2, 0.25) is 5.82 Å². The van der Waals surface area contributed by atoms with E-state index < -0.39 is 16.4 Å². The number of halogens is 1. The van der Waals surface area contributed by atoms with Crippen molar-refractivity contribution < 1.29 is 9.31 Å². The van der Waals surface area contributed by atoms with Crippen LogP contribution in [0.2, 0.25) is 0 Å². The van der Waals surface area contributed by atoms with Crippen LogP contribution in [0.15, 0.2) is 18.2 Å². The summed E-state index contributed by atoms with van der Waals surface area (Å²) in [6.07, 6.45) is 5.68. The predicted molar refractivity (Wildman–Crippen MR) is 74.8 cm³/mol. The first-order chi connectivity index (χ1) is 9.11. The summed E-state index contributed by atoms with van der Waals surface area (Å²) in [5.41, 5.74) is 0.279. The quantitative estimate of drug-likeness (QED) is 0.667. The van der Waals surface area contributed by atoms with Crippen LogP contribution in [0.5, 0.6) is 0 Å². The first kappa shape index (κ1) is 14.3. The van der Waals surface area contributed by atoms with Crippen molar-refractivity contribution in [3.63, 3.8) is 0 Å². The molecule has 0 aliphatic heterocycles. The lowest BCUT2D eigenvalue weighted by atomic mass is 10.1. The van der Waals surface area contributed by atoms with Gasteiger partial charge in [-0.3, -0.25) is 10.1 Å². The molecule has 0 heterocycles. The molecule has 4 nitrogen and oxygen atoms in total. The molecular weight excluding hydrogens is 267 g/mol. The van der Waals surface area contributed by atoms with Crippen molar-refractivity contribution in [1.29, 1.82) is 0 Å². The molecule has 0 amide bonds. The Morgan fingerprint density at radius 2 is 2.32 bits per heavy atom. The van der Waals surface area contributed by atoms with Crippen LogP contribution in [0.25, 0.3) is 0 Å². The highest BCUT2D eigenvalue weighted by atomic mass is 32.2. The molecule has 0 aromatic heterocycles. The molecule has 0 bridgehead atoms. The Hall–Kier alpha value is -1.14. The van der Waals surface area contributed by atoms with Gasteiger partial charge >= 0.3 is 5.69 Å². The number of rotatable bonds is 5. The summed E-state index contributed by atoms with van der Waals surface area (Å²) >= 11 is 1.86. The maximum absolute atomic E-state index is 13.5. The fourth-order valence-corrected chi connectivity index (χ4v) is 3.46. The minimum atomic E-state index is -0.767. The molecule has 1 fully saturated rings. The minimum Gasteiger partial charge on any atom is -0.309 e. The van der Waals surface area contributed by atoms with Crippen molar-refractivity contribution in [1.82, 2.24) is 5.32 Å². The van der Waals surface area contributed by atoms with E-state index in [0.29, 0.717) is 17.8 Å². The molecule has 19 heavy (non-hydrogen) atoms. The second-order valence-electron chi connectivity index (χ2n) is 4.74. The average Bonchev–Trinajstić information content (AvgIpc) is 2.83. The summed E-state index contributed by atoms with van der Waals surface area (Å²) in [7, 11) is 0. The number of nitrogens with zero attached hydrogens (tertiary/aromatic N) is 1. The summed E-state index contributed by atoms with van der Waals surface area (Å²) in [6.45, 7) is 0.552. The van der Waals surface area contributed by atoms with Gasteiger partial charge in [-0.25, -0.2) is 0 Å². The van der Waals surface area contributed by atoms with E-state index in [1.807, 2.05) is 11.8 Å². The molecule has 2 rings (SSSR count). The van der Waals surface area contributed by atoms with Gasteiger partial charge in [-0.05, 0) is 30.7 Å². The molecule has 1 aromatic rings. The van der Waals surface area contributed by atoms with Crippen molar-refractivity contribution in [2.45, 2.75) is 37.1 Å². The van der Waals surface area contributed by atoms with Crippen LogP contribution in [0.3, 0.4) is 0 Å². The molecule has 1 aromatic carbocycles. The molecule has 1 N–H and O–H groups in total. The summed E-state index contributed by atoms with van der Waals surface area (Å²) < 4.78 is 13.5. The van der Waals surface area contributed by atoms with Crippen LogP contribution < -0.4 is 5.32 Å². The van der Waals surface area contributed by atoms with Gasteiger partial charge < -0.3 is 5.32 Å². The first-order valence-corrected chi connectivity index (χ1v) is 7.59. The van der Waals surface area contributed by atoms with Gasteiger partial charge in [0.25, 0.3) is 0 Å². The zero-order valence-electron chi connectivity index (χ0n) is 10.8. The molecule has 2 atom stereocenters. The van der Waals surface area contributed by atoms with Crippen molar-refractivity contribution in [2.75, 3.05) is 6.26 Å². The highest BCUT2D eigenvalue weighted by Gasteiger charge is 2.25. The molecule has 104 valence electrons. The number of hydrogen-bond donors (Lipinski definition) is 1. The van der Waals surface area contributed by atoms with Crippen molar-refractivity contribution >= 4 is 17.4 Å². The van der Waals surface area contributed by atoms with Gasteiger partial charge in [0.1, 0.15) is 0 Å². The van der Waals surface area contributed by atoms with Crippen molar-refractivity contribution in [3.05, 3.63) is 39.7 Å². The number of hydrogen-bond acceptors (Lipinski definition) is 4. The Balaban J connectivity index is 1.96. The van der Waals surface area contributed by atoms with E-state index in [2.05, 4.69) is 11.6 Å². The van der Waals surface area contributed by atoms with E-state index in [-0.39, 0.29) is 0 Å². The molecule has 1 aliphatic carbocycles. The van der Waals surface area contributed by atoms with Gasteiger partial charge in [0.05, 0.1) is 4.92 Å². The molecule has 0 radical (unpaired) electrons. The maximum atomic E-state index is 13.5. The fourth-order valence-electron chi connectivity index (χ4n) is 2.50. The topological polar surface area (TPSA) is 55.2 Å². The Bertz CT molecular complexity index is 470. The highest BCUT2D eigenvalue weighted by Crippen LogP contribution is 2.28. The molecule has 6 heteroatoms. The smallest absolute Gasteiger partial charge is 0.304 e. The van der Waals surface area contributed by atoms with Gasteiger partial charge in [-0.15, -0.1) is 0 Å². The molecule has 0 saturated heterocycles. The van der Waals surface area contributed by atoms with E-state index in [0.717, 1.165) is 12.0 Å². The average molecular weight is 284 g/mol. The second-order valence-corrected chi connectivity index (χ2v) is 5.81. The zero-order valence-corrected chi connectivity index (χ0v) is 11.6. The van der Waals surface area contributed by atoms with Gasteiger partial charge in [-0.1, -0.05) is 12.5 Å². The molecule has 1 saturated carbocycles. The third-order valence-corrected chi connectivity index (χ3v) is 4.70. The van der Waals surface area contributed by atoms with Crippen LogP contribution in [-0.4, -0.2) is 22.5 Å². The monoisotopic (exact) mass is 284 g/mol. The van der Waals surface area contributed by atoms with Gasteiger partial charge in [0, 0.05) is 23.9 Å². The van der Waals surface area contributed by atoms with E-state index >= 15 is 0 Å². The predicted octanol–water partition coefficient (Wildman–Crippen LogP) is 3.11. The Morgan fingerprint density at radius 3 is 2.95 bits per heavy atom. The van der Waals surface area contributed by atoms with Crippen LogP contribution in [0, 0.1) is 15.9 Å². The lowest BCUT2D eigenvalue weighted by molar-refractivity contribution is -0.387. The standard InChI is InChI=1S/C13H17FN2O2S/c1-19-13-4-2-3-11(13)15-8-9-5-6-12(16(17)18)10(14)7-9/h5-7,11,13,15H,2-4,8H2,1H3. The number of benzene rings is 1. The SMILES string of the molecule is CSC1CCCC1NCc1ccc([N+](=O)[O-])c(F)c1. The number of thioether (sulfide) groups is 1. The van der Waals surface area contributed by atoms with Gasteiger partial charge in [0.15, 0.2) is 0 Å². The third-order valence-electron chi connectivity index (χ3n) is 3.53. The second kappa shape index (κ2) is 6.34. The lowest BCUT2D eigenvalue weighted by Gasteiger charge is -2.19. The minimum absolute atomic E-state index is 0.452. The van der Waals surface area contributed by atoms with Crippen LogP contribution in [0.4, 0.5) is 10.1 Å². The van der Waals surface area contributed by atoms with Crippen LogP contribution >= 0.6 is 11.8 Å². The zero-order chi connectivity index (χ0) is 13.8. The Morgan fingerprint density at radius 1 is 1.53 bits per heavy atom. The summed E-state index contributed by atoms with van der Waals surface area (Å²) in [5, 5.41) is 14.6. The summed E-state index contributed by atoms with van der Waals surface area (Å²) in [6, 6.07) is 4.53. The number of nitrogens with one attached hydrogen (secondary N) is 1. The van der Waals surface area contributed by atoms with Crippen LogP contribution in [0.1, 0.15) is 24.8 Å². The summed E-state index contributed by atoms with van der Waals surface area (Å²) in [5.74, 6) is -0.767. The largest absolute Gasteiger partial charge is 0.309 e. The fraction of sp³-hybridized carbons (Fsp3) is 0.538. The Kier molecular flexibility index (Phi) is 4.76. The number of nitro benzene ring substituents is 1. The van der Waals surface area contributed by atoms with E-state index in [1.165, 1.54) is 25.0 Å². The van der Waals surface area contributed by atoms with Crippen molar-refractivity contribution in [3.8, 4) is 0 Å².